The summed E-state index contributed by atoms with van der Waals surface area (Å²) in [6, 6.07) is 2.71. The van der Waals surface area contributed by atoms with Crippen LogP contribution >= 0.6 is 0 Å². The molecule has 1 N–H and O–H groups in total. The Hall–Kier alpha value is -2.78. The van der Waals surface area contributed by atoms with Crippen molar-refractivity contribution in [2.75, 3.05) is 18.5 Å². The minimum Gasteiger partial charge on any atom is -0.458 e. The molecule has 0 spiro atoms. The zero-order chi connectivity index (χ0) is 28.2. The highest BCUT2D eigenvalue weighted by molar-refractivity contribution is 5.93. The molecule has 1 amide bonds. The first-order valence-electron chi connectivity index (χ1n) is 13.6. The molecule has 2 heterocycles. The first-order valence-corrected chi connectivity index (χ1v) is 13.6. The van der Waals surface area contributed by atoms with E-state index in [1.54, 1.807) is 6.08 Å². The Labute approximate surface area is 227 Å². The topological polar surface area (TPSA) is 83.1 Å². The van der Waals surface area contributed by atoms with Gasteiger partial charge in [-0.25, -0.2) is 18.4 Å². The lowest BCUT2D eigenvalue weighted by Gasteiger charge is -2.63. The molecule has 1 aromatic carbocycles. The summed E-state index contributed by atoms with van der Waals surface area (Å²) in [5.74, 6) is -2.19. The van der Waals surface area contributed by atoms with Crippen molar-refractivity contribution in [2.24, 2.45) is 22.7 Å². The quantitative estimate of drug-likeness (QED) is 0.272. The molecular weight excluding hydrogens is 508 g/mol. The number of amides is 1. The summed E-state index contributed by atoms with van der Waals surface area (Å²) in [6.45, 7) is 13.4. The molecule has 7 nitrogen and oxygen atoms in total. The van der Waals surface area contributed by atoms with E-state index >= 15 is 0 Å². The first-order chi connectivity index (χ1) is 18.3. The number of nitrogens with one attached hydrogen (secondary N) is 1. The van der Waals surface area contributed by atoms with Crippen LogP contribution < -0.4 is 5.32 Å². The number of cyclic esters (lactones) is 1. The summed E-state index contributed by atoms with van der Waals surface area (Å²) < 4.78 is 50.5. The molecule has 5 rings (SSSR count). The molecule has 4 aliphatic rings. The number of hydrogen-bond donors (Lipinski definition) is 1. The van der Waals surface area contributed by atoms with Gasteiger partial charge in [0, 0.05) is 11.5 Å². The summed E-state index contributed by atoms with van der Waals surface area (Å²) >= 11 is 0. The third-order valence-corrected chi connectivity index (χ3v) is 9.41. The summed E-state index contributed by atoms with van der Waals surface area (Å²) in [6.07, 6.45) is 4.27. The Morgan fingerprint density at radius 1 is 1.21 bits per heavy atom. The summed E-state index contributed by atoms with van der Waals surface area (Å²) in [4.78, 5) is 25.0. The smallest absolute Gasteiger partial charge is 0.412 e. The van der Waals surface area contributed by atoms with Gasteiger partial charge in [0.1, 0.15) is 18.2 Å². The molecule has 1 aromatic rings. The van der Waals surface area contributed by atoms with Crippen LogP contribution in [-0.2, 0) is 23.7 Å². The van der Waals surface area contributed by atoms with E-state index in [1.807, 2.05) is 13.8 Å². The normalized spacial score (nSPS) is 36.6. The molecule has 2 saturated carbocycles. The van der Waals surface area contributed by atoms with Gasteiger partial charge >= 0.3 is 12.1 Å². The molecule has 4 fully saturated rings. The molecule has 0 unspecified atom stereocenters. The van der Waals surface area contributed by atoms with Crippen LogP contribution in [-0.4, -0.2) is 43.3 Å². The molecule has 2 aliphatic carbocycles. The second kappa shape index (κ2) is 10.0. The fraction of sp³-hybridized carbons (Fsp3) is 0.600. The molecule has 0 bridgehead atoms. The molecule has 9 heteroatoms. The Morgan fingerprint density at radius 3 is 2.74 bits per heavy atom. The second-order valence-electron chi connectivity index (χ2n) is 12.3. The summed E-state index contributed by atoms with van der Waals surface area (Å²) in [7, 11) is 0. The van der Waals surface area contributed by atoms with Gasteiger partial charge in [0.15, 0.2) is 11.9 Å². The first kappa shape index (κ1) is 27.8. The van der Waals surface area contributed by atoms with Crippen molar-refractivity contribution in [2.45, 2.75) is 77.8 Å². The predicted octanol–water partition coefficient (Wildman–Crippen LogP) is 6.30. The number of esters is 1. The second-order valence-corrected chi connectivity index (χ2v) is 12.3. The van der Waals surface area contributed by atoms with Gasteiger partial charge in [-0.2, -0.15) is 0 Å². The average molecular weight is 546 g/mol. The Morgan fingerprint density at radius 2 is 1.97 bits per heavy atom. The van der Waals surface area contributed by atoms with Crippen LogP contribution in [0.25, 0.3) is 0 Å². The highest BCUT2D eigenvalue weighted by Crippen LogP contribution is 2.63. The van der Waals surface area contributed by atoms with Crippen LogP contribution in [0, 0.1) is 34.3 Å². The standard InChI is InChI=1S/C30H37F2NO6/c1-17-6-11-24-29(4,13-12-25-30(24,5)16-37-28(2,3)39-25)20(17)9-8-19-23(15-36-26(19)34)38-27(35)33-22-14-18(31)7-10-21(22)32/h7-8,10,14,20,23-25H,1,6,9,11-13,15-16H2,2-5H3,(H,33,35)/b19-8+/t20-,23-,24+,25-,29+,30+/m1/s1. The van der Waals surface area contributed by atoms with Crippen LogP contribution in [0.1, 0.15) is 59.8 Å². The third kappa shape index (κ3) is 5.11. The van der Waals surface area contributed by atoms with Gasteiger partial charge in [-0.15, -0.1) is 0 Å². The van der Waals surface area contributed by atoms with Gasteiger partial charge in [0.05, 0.1) is 24.0 Å². The maximum absolute atomic E-state index is 13.9. The van der Waals surface area contributed by atoms with E-state index < -0.39 is 35.6 Å². The number of benzene rings is 1. The van der Waals surface area contributed by atoms with Crippen molar-refractivity contribution in [3.8, 4) is 0 Å². The van der Waals surface area contributed by atoms with Gasteiger partial charge in [-0.05, 0) is 75.3 Å². The number of fused-ring (bicyclic) bond motifs is 3. The lowest BCUT2D eigenvalue weighted by atomic mass is 9.46. The number of carbonyl (C=O) groups is 2. The van der Waals surface area contributed by atoms with Gasteiger partial charge in [-0.3, -0.25) is 5.32 Å². The fourth-order valence-corrected chi connectivity index (χ4v) is 7.37. The van der Waals surface area contributed by atoms with Gasteiger partial charge in [0.2, 0.25) is 0 Å². The van der Waals surface area contributed by atoms with Crippen molar-refractivity contribution in [1.82, 2.24) is 0 Å². The largest absolute Gasteiger partial charge is 0.458 e. The number of carbonyl (C=O) groups excluding carboxylic acids is 2. The van der Waals surface area contributed by atoms with E-state index in [9.17, 15) is 18.4 Å². The van der Waals surface area contributed by atoms with Crippen LogP contribution in [0.5, 0.6) is 0 Å². The minimum atomic E-state index is -1.01. The number of ether oxygens (including phenoxy) is 4. The van der Waals surface area contributed by atoms with E-state index in [-0.39, 0.29) is 40.7 Å². The van der Waals surface area contributed by atoms with E-state index in [2.05, 4.69) is 25.7 Å². The number of anilines is 1. The van der Waals surface area contributed by atoms with Crippen molar-refractivity contribution in [1.29, 1.82) is 0 Å². The lowest BCUT2D eigenvalue weighted by Crippen LogP contribution is -2.62. The summed E-state index contributed by atoms with van der Waals surface area (Å²) in [5.41, 5.74) is 0.841. The zero-order valence-corrected chi connectivity index (χ0v) is 23.0. The average Bonchev–Trinajstić information content (AvgIpc) is 3.20. The highest BCUT2D eigenvalue weighted by atomic mass is 19.1. The zero-order valence-electron chi connectivity index (χ0n) is 23.0. The van der Waals surface area contributed by atoms with E-state index in [1.165, 1.54) is 0 Å². The number of rotatable bonds is 4. The number of allylic oxidation sites excluding steroid dienone is 2. The molecule has 0 radical (unpaired) electrons. The van der Waals surface area contributed by atoms with Crippen molar-refractivity contribution in [3.05, 3.63) is 53.6 Å². The van der Waals surface area contributed by atoms with Crippen LogP contribution in [0.3, 0.4) is 0 Å². The summed E-state index contributed by atoms with van der Waals surface area (Å²) in [5, 5.41) is 2.20. The van der Waals surface area contributed by atoms with Crippen molar-refractivity contribution < 1.29 is 37.3 Å². The molecule has 2 saturated heterocycles. The Kier molecular flexibility index (Phi) is 7.12. The molecular formula is C30H37F2NO6. The maximum Gasteiger partial charge on any atom is 0.412 e. The van der Waals surface area contributed by atoms with E-state index in [4.69, 9.17) is 18.9 Å². The highest BCUT2D eigenvalue weighted by Gasteiger charge is 2.60. The number of halogens is 2. The molecule has 39 heavy (non-hydrogen) atoms. The molecule has 212 valence electrons. The molecule has 6 atom stereocenters. The van der Waals surface area contributed by atoms with Crippen LogP contribution in [0.4, 0.5) is 19.3 Å². The van der Waals surface area contributed by atoms with Crippen LogP contribution in [0.2, 0.25) is 0 Å². The predicted molar refractivity (Wildman–Crippen MR) is 140 cm³/mol. The van der Waals surface area contributed by atoms with Crippen molar-refractivity contribution >= 4 is 17.7 Å². The Balaban J connectivity index is 1.32. The SMILES string of the molecule is C=C1CC[C@@H]2[C@]3(C)COC(C)(C)O[C@@H]3CC[C@@]2(C)[C@@H]1C/C=C1/C(=O)OC[C@H]1OC(=O)Nc1cc(F)ccc1F. The van der Waals surface area contributed by atoms with E-state index in [0.717, 1.165) is 49.5 Å². The van der Waals surface area contributed by atoms with Crippen molar-refractivity contribution in [3.63, 3.8) is 0 Å². The Bertz CT molecular complexity index is 1210. The van der Waals surface area contributed by atoms with Gasteiger partial charge in [0.25, 0.3) is 0 Å². The maximum atomic E-state index is 13.9. The third-order valence-electron chi connectivity index (χ3n) is 9.41. The monoisotopic (exact) mass is 545 g/mol. The minimum absolute atomic E-state index is 0.0724. The van der Waals surface area contributed by atoms with Crippen LogP contribution in [0.15, 0.2) is 42.0 Å². The van der Waals surface area contributed by atoms with E-state index in [0.29, 0.717) is 18.9 Å². The van der Waals surface area contributed by atoms with Gasteiger partial charge in [-0.1, -0.05) is 32.1 Å². The molecule has 0 aromatic heterocycles. The van der Waals surface area contributed by atoms with Gasteiger partial charge < -0.3 is 18.9 Å². The lowest BCUT2D eigenvalue weighted by molar-refractivity contribution is -0.344. The fourth-order valence-electron chi connectivity index (χ4n) is 7.37. The molecule has 2 aliphatic heterocycles. The number of hydrogen-bond acceptors (Lipinski definition) is 6.